The molecule has 0 atom stereocenters. The maximum Gasteiger partial charge on any atom is 0.254 e. The molecule has 5 nitrogen and oxygen atoms in total. The Morgan fingerprint density at radius 3 is 2.62 bits per heavy atom. The van der Waals surface area contributed by atoms with E-state index in [4.69, 9.17) is 0 Å². The minimum atomic E-state index is -1.08. The first kappa shape index (κ1) is 18.5. The van der Waals surface area contributed by atoms with E-state index in [0.717, 1.165) is 12.8 Å². The van der Waals surface area contributed by atoms with Crippen molar-refractivity contribution < 1.29 is 14.7 Å². The summed E-state index contributed by atoms with van der Waals surface area (Å²) in [5.74, 6) is 5.55. The maximum atomic E-state index is 12.8. The van der Waals surface area contributed by atoms with Crippen molar-refractivity contribution in [1.82, 2.24) is 9.80 Å². The average Bonchev–Trinajstić information content (AvgIpc) is 3.13. The lowest BCUT2D eigenvalue weighted by Crippen LogP contribution is -2.54. The number of hydrogen-bond acceptors (Lipinski definition) is 3. The van der Waals surface area contributed by atoms with Gasteiger partial charge < -0.3 is 14.9 Å². The summed E-state index contributed by atoms with van der Waals surface area (Å²) < 4.78 is 0. The van der Waals surface area contributed by atoms with Crippen LogP contribution >= 0.6 is 0 Å². The molecule has 1 aliphatic heterocycles. The van der Waals surface area contributed by atoms with Gasteiger partial charge in [0, 0.05) is 30.3 Å². The molecule has 26 heavy (non-hydrogen) atoms. The van der Waals surface area contributed by atoms with Crippen molar-refractivity contribution in [1.29, 1.82) is 0 Å². The Labute approximate surface area is 155 Å². The number of aliphatic hydroxyl groups is 1. The second-order valence-corrected chi connectivity index (χ2v) is 7.64. The second-order valence-electron chi connectivity index (χ2n) is 7.64. The first-order valence-electron chi connectivity index (χ1n) is 9.28. The molecule has 0 radical (unpaired) electrons. The summed E-state index contributed by atoms with van der Waals surface area (Å²) in [6, 6.07) is 7.40. The quantitative estimate of drug-likeness (QED) is 0.827. The van der Waals surface area contributed by atoms with Crippen LogP contribution < -0.4 is 0 Å². The lowest BCUT2D eigenvalue weighted by molar-refractivity contribution is -0.137. The SMILES string of the molecule is CC(C)(O)C#Cc1cccc(C(=O)N2CCN(C3CCCC3)C(=O)C2)c1. The summed E-state index contributed by atoms with van der Waals surface area (Å²) in [4.78, 5) is 28.9. The Hall–Kier alpha value is -2.32. The molecule has 2 aliphatic rings. The number of rotatable bonds is 2. The van der Waals surface area contributed by atoms with Gasteiger partial charge in [0.1, 0.15) is 12.1 Å². The summed E-state index contributed by atoms with van der Waals surface area (Å²) >= 11 is 0. The fraction of sp³-hybridized carbons (Fsp3) is 0.524. The highest BCUT2D eigenvalue weighted by Crippen LogP contribution is 2.25. The molecule has 0 aromatic heterocycles. The van der Waals surface area contributed by atoms with Crippen molar-refractivity contribution in [3.8, 4) is 11.8 Å². The second kappa shape index (κ2) is 7.51. The Morgan fingerprint density at radius 2 is 1.96 bits per heavy atom. The van der Waals surface area contributed by atoms with Crippen molar-refractivity contribution in [3.05, 3.63) is 35.4 Å². The van der Waals surface area contributed by atoms with E-state index in [0.29, 0.717) is 30.3 Å². The Balaban J connectivity index is 1.68. The van der Waals surface area contributed by atoms with Gasteiger partial charge in [0.2, 0.25) is 5.91 Å². The number of carbonyl (C=O) groups is 2. The fourth-order valence-corrected chi connectivity index (χ4v) is 3.60. The summed E-state index contributed by atoms with van der Waals surface area (Å²) in [5.41, 5.74) is 0.117. The Morgan fingerprint density at radius 1 is 1.23 bits per heavy atom. The zero-order valence-corrected chi connectivity index (χ0v) is 15.5. The van der Waals surface area contributed by atoms with Gasteiger partial charge >= 0.3 is 0 Å². The first-order chi connectivity index (χ1) is 12.3. The van der Waals surface area contributed by atoms with Gasteiger partial charge in [-0.1, -0.05) is 30.7 Å². The van der Waals surface area contributed by atoms with Gasteiger partial charge in [0.05, 0.1) is 0 Å². The van der Waals surface area contributed by atoms with Crippen molar-refractivity contribution in [2.75, 3.05) is 19.6 Å². The van der Waals surface area contributed by atoms with Crippen LogP contribution in [0.1, 0.15) is 55.5 Å². The van der Waals surface area contributed by atoms with E-state index in [1.54, 1.807) is 43.0 Å². The normalized spacial score (nSPS) is 18.7. The third-order valence-corrected chi connectivity index (χ3v) is 4.93. The molecule has 1 N–H and O–H groups in total. The smallest absolute Gasteiger partial charge is 0.254 e. The highest BCUT2D eigenvalue weighted by atomic mass is 16.3. The van der Waals surface area contributed by atoms with Gasteiger partial charge in [0.25, 0.3) is 5.91 Å². The van der Waals surface area contributed by atoms with Gasteiger partial charge in [-0.3, -0.25) is 9.59 Å². The van der Waals surface area contributed by atoms with E-state index in [-0.39, 0.29) is 18.4 Å². The molecule has 138 valence electrons. The van der Waals surface area contributed by atoms with Crippen molar-refractivity contribution in [3.63, 3.8) is 0 Å². The van der Waals surface area contributed by atoms with Gasteiger partial charge in [0.15, 0.2) is 0 Å². The molecule has 1 aromatic carbocycles. The van der Waals surface area contributed by atoms with E-state index in [1.807, 2.05) is 4.90 Å². The summed E-state index contributed by atoms with van der Waals surface area (Å²) in [6.07, 6.45) is 4.55. The van der Waals surface area contributed by atoms with Gasteiger partial charge in [-0.05, 0) is 44.9 Å². The molecule has 1 aromatic rings. The third kappa shape index (κ3) is 4.44. The monoisotopic (exact) mass is 354 g/mol. The van der Waals surface area contributed by atoms with Crippen LogP contribution in [0, 0.1) is 11.8 Å². The van der Waals surface area contributed by atoms with Crippen LogP contribution in [-0.4, -0.2) is 58.0 Å². The molecule has 0 spiro atoms. The number of carbonyl (C=O) groups excluding carboxylic acids is 2. The zero-order valence-electron chi connectivity index (χ0n) is 15.5. The van der Waals surface area contributed by atoms with Crippen molar-refractivity contribution in [2.24, 2.45) is 0 Å². The molecule has 1 saturated heterocycles. The predicted octanol–water partition coefficient (Wildman–Crippen LogP) is 2.04. The number of benzene rings is 1. The van der Waals surface area contributed by atoms with Crippen molar-refractivity contribution in [2.45, 2.75) is 51.2 Å². The number of amides is 2. The van der Waals surface area contributed by atoms with Crippen LogP contribution in [-0.2, 0) is 4.79 Å². The lowest BCUT2D eigenvalue weighted by Gasteiger charge is -2.37. The van der Waals surface area contributed by atoms with E-state index >= 15 is 0 Å². The maximum absolute atomic E-state index is 12.8. The van der Waals surface area contributed by atoms with Gasteiger partial charge in [-0.25, -0.2) is 0 Å². The molecule has 3 rings (SSSR count). The molecule has 0 bridgehead atoms. The minimum absolute atomic E-state index is 0.0504. The summed E-state index contributed by atoms with van der Waals surface area (Å²) in [6.45, 7) is 4.57. The number of hydrogen-bond donors (Lipinski definition) is 1. The van der Waals surface area contributed by atoms with Crippen LogP contribution in [0.15, 0.2) is 24.3 Å². The largest absolute Gasteiger partial charge is 0.378 e. The van der Waals surface area contributed by atoms with E-state index in [9.17, 15) is 14.7 Å². The van der Waals surface area contributed by atoms with Crippen molar-refractivity contribution >= 4 is 11.8 Å². The topological polar surface area (TPSA) is 60.9 Å². The molecule has 5 heteroatoms. The average molecular weight is 354 g/mol. The highest BCUT2D eigenvalue weighted by Gasteiger charge is 2.33. The lowest BCUT2D eigenvalue weighted by atomic mass is 10.1. The molecule has 1 saturated carbocycles. The zero-order chi connectivity index (χ0) is 18.7. The number of piperazine rings is 1. The van der Waals surface area contributed by atoms with Crippen LogP contribution in [0.2, 0.25) is 0 Å². The van der Waals surface area contributed by atoms with Gasteiger partial charge in [-0.15, -0.1) is 0 Å². The fourth-order valence-electron chi connectivity index (χ4n) is 3.60. The Kier molecular flexibility index (Phi) is 5.33. The molecular formula is C21H26N2O3. The van der Waals surface area contributed by atoms with E-state index in [1.165, 1.54) is 12.8 Å². The standard InChI is InChI=1S/C21H26N2O3/c1-21(2,26)11-10-16-6-5-7-17(14-16)20(25)22-12-13-23(19(24)15-22)18-8-3-4-9-18/h5-7,14,18,26H,3-4,8-9,12-13,15H2,1-2H3. The summed E-state index contributed by atoms with van der Waals surface area (Å²) in [5, 5.41) is 9.71. The predicted molar refractivity (Wildman–Crippen MR) is 99.5 cm³/mol. The highest BCUT2D eigenvalue weighted by molar-refractivity contribution is 5.97. The first-order valence-corrected chi connectivity index (χ1v) is 9.28. The molecular weight excluding hydrogens is 328 g/mol. The summed E-state index contributed by atoms with van der Waals surface area (Å²) in [7, 11) is 0. The van der Waals surface area contributed by atoms with Crippen LogP contribution in [0.4, 0.5) is 0 Å². The van der Waals surface area contributed by atoms with Crippen LogP contribution in [0.3, 0.4) is 0 Å². The molecule has 0 unspecified atom stereocenters. The Bertz CT molecular complexity index is 749. The number of nitrogens with zero attached hydrogens (tertiary/aromatic N) is 2. The van der Waals surface area contributed by atoms with Crippen LogP contribution in [0.25, 0.3) is 0 Å². The molecule has 2 amide bonds. The molecule has 1 aliphatic carbocycles. The minimum Gasteiger partial charge on any atom is -0.378 e. The van der Waals surface area contributed by atoms with E-state index in [2.05, 4.69) is 11.8 Å². The molecule has 1 heterocycles. The molecule has 2 fully saturated rings. The van der Waals surface area contributed by atoms with Crippen LogP contribution in [0.5, 0.6) is 0 Å². The van der Waals surface area contributed by atoms with E-state index < -0.39 is 5.60 Å². The third-order valence-electron chi connectivity index (χ3n) is 4.93. The van der Waals surface area contributed by atoms with Gasteiger partial charge in [-0.2, -0.15) is 0 Å².